The lowest BCUT2D eigenvalue weighted by molar-refractivity contribution is 0.612. The second-order valence-corrected chi connectivity index (χ2v) is 4.28. The predicted molar refractivity (Wildman–Crippen MR) is 67.2 cm³/mol. The molecule has 0 heterocycles. The molecule has 17 heavy (non-hydrogen) atoms. The summed E-state index contributed by atoms with van der Waals surface area (Å²) in [4.78, 5) is 1.94. The van der Waals surface area contributed by atoms with Crippen molar-refractivity contribution in [1.29, 1.82) is 5.26 Å². The molecule has 0 fully saturated rings. The highest BCUT2D eigenvalue weighted by atomic mass is 19.1. The van der Waals surface area contributed by atoms with Crippen LogP contribution in [0.25, 0.3) is 0 Å². The van der Waals surface area contributed by atoms with Crippen LogP contribution in [0.15, 0.2) is 12.1 Å². The van der Waals surface area contributed by atoms with Gasteiger partial charge in [-0.3, -0.25) is 0 Å². The van der Waals surface area contributed by atoms with E-state index in [1.165, 1.54) is 6.07 Å². The first-order valence-corrected chi connectivity index (χ1v) is 5.61. The van der Waals surface area contributed by atoms with Gasteiger partial charge in [-0.15, -0.1) is 0 Å². The third-order valence-electron chi connectivity index (χ3n) is 2.77. The molecule has 1 aromatic carbocycles. The lowest BCUT2D eigenvalue weighted by Crippen LogP contribution is -2.22. The molecular weight excluding hydrogens is 217 g/mol. The molecule has 0 saturated heterocycles. The molecule has 0 aliphatic rings. The van der Waals surface area contributed by atoms with Gasteiger partial charge in [-0.05, 0) is 37.1 Å². The van der Waals surface area contributed by atoms with E-state index in [1.807, 2.05) is 18.9 Å². The zero-order valence-electron chi connectivity index (χ0n) is 10.5. The molecule has 0 bridgehead atoms. The maximum atomic E-state index is 13.5. The highest BCUT2D eigenvalue weighted by Crippen LogP contribution is 2.27. The van der Waals surface area contributed by atoms with Crippen molar-refractivity contribution in [2.24, 2.45) is 5.73 Å². The molecule has 0 aliphatic heterocycles. The van der Waals surface area contributed by atoms with Crippen LogP contribution in [-0.4, -0.2) is 13.6 Å². The summed E-state index contributed by atoms with van der Waals surface area (Å²) in [6.07, 6.45) is 0.436. The smallest absolute Gasteiger partial charge is 0.126 e. The van der Waals surface area contributed by atoms with Gasteiger partial charge in [0.15, 0.2) is 0 Å². The van der Waals surface area contributed by atoms with Gasteiger partial charge in [0, 0.05) is 25.3 Å². The summed E-state index contributed by atoms with van der Waals surface area (Å²) < 4.78 is 13.5. The lowest BCUT2D eigenvalue weighted by Gasteiger charge is -2.24. The minimum absolute atomic E-state index is 0.232. The Morgan fingerprint density at radius 2 is 2.18 bits per heavy atom. The molecule has 92 valence electrons. The Hall–Kier alpha value is -1.60. The van der Waals surface area contributed by atoms with Crippen molar-refractivity contribution in [3.05, 3.63) is 29.1 Å². The highest BCUT2D eigenvalue weighted by molar-refractivity contribution is 5.56. The van der Waals surface area contributed by atoms with Gasteiger partial charge in [0.2, 0.25) is 0 Å². The van der Waals surface area contributed by atoms with E-state index in [0.717, 1.165) is 11.3 Å². The zero-order valence-corrected chi connectivity index (χ0v) is 10.5. The molecule has 0 radical (unpaired) electrons. The minimum atomic E-state index is -0.241. The fourth-order valence-corrected chi connectivity index (χ4v) is 1.72. The van der Waals surface area contributed by atoms with Crippen LogP contribution < -0.4 is 10.6 Å². The van der Waals surface area contributed by atoms with E-state index in [4.69, 9.17) is 11.0 Å². The Bertz CT molecular complexity index is 435. The SMILES string of the molecule is Cc1cc(N(C)CCC#N)c(C(C)N)cc1F. The van der Waals surface area contributed by atoms with Crippen molar-refractivity contribution < 1.29 is 4.39 Å². The van der Waals surface area contributed by atoms with Crippen molar-refractivity contribution in [1.82, 2.24) is 0 Å². The number of nitrogens with zero attached hydrogens (tertiary/aromatic N) is 2. The highest BCUT2D eigenvalue weighted by Gasteiger charge is 2.13. The van der Waals surface area contributed by atoms with E-state index in [-0.39, 0.29) is 11.9 Å². The second-order valence-electron chi connectivity index (χ2n) is 4.28. The van der Waals surface area contributed by atoms with E-state index in [2.05, 4.69) is 6.07 Å². The fourth-order valence-electron chi connectivity index (χ4n) is 1.72. The molecule has 1 atom stereocenters. The van der Waals surface area contributed by atoms with Crippen LogP contribution in [0.4, 0.5) is 10.1 Å². The average Bonchev–Trinajstić information content (AvgIpc) is 2.28. The molecule has 1 aromatic rings. The third kappa shape index (κ3) is 3.18. The number of halogens is 1. The maximum Gasteiger partial charge on any atom is 0.126 e. The molecule has 0 saturated carbocycles. The number of benzene rings is 1. The summed E-state index contributed by atoms with van der Waals surface area (Å²) in [5.74, 6) is -0.241. The Labute approximate surface area is 102 Å². The van der Waals surface area contributed by atoms with Crippen LogP contribution >= 0.6 is 0 Å². The van der Waals surface area contributed by atoms with Crippen molar-refractivity contribution in [3.8, 4) is 6.07 Å². The third-order valence-corrected chi connectivity index (χ3v) is 2.77. The normalized spacial score (nSPS) is 12.0. The van der Waals surface area contributed by atoms with E-state index >= 15 is 0 Å². The van der Waals surface area contributed by atoms with Gasteiger partial charge in [0.25, 0.3) is 0 Å². The fraction of sp³-hybridized carbons (Fsp3) is 0.462. The van der Waals surface area contributed by atoms with Gasteiger partial charge in [0.05, 0.1) is 12.5 Å². The monoisotopic (exact) mass is 235 g/mol. The Morgan fingerprint density at radius 3 is 2.71 bits per heavy atom. The molecule has 1 unspecified atom stereocenters. The molecule has 0 spiro atoms. The predicted octanol–water partition coefficient (Wildman–Crippen LogP) is 2.50. The van der Waals surface area contributed by atoms with Crippen LogP contribution in [-0.2, 0) is 0 Å². The first kappa shape index (κ1) is 13.5. The molecule has 2 N–H and O–H groups in total. The van der Waals surface area contributed by atoms with Gasteiger partial charge in [-0.1, -0.05) is 0 Å². The van der Waals surface area contributed by atoms with Crippen molar-refractivity contribution in [2.45, 2.75) is 26.3 Å². The van der Waals surface area contributed by atoms with Crippen molar-refractivity contribution >= 4 is 5.69 Å². The Kier molecular flexibility index (Phi) is 4.47. The molecule has 0 aromatic heterocycles. The zero-order chi connectivity index (χ0) is 13.0. The van der Waals surface area contributed by atoms with Crippen molar-refractivity contribution in [3.63, 3.8) is 0 Å². The number of nitrogens with two attached hydrogens (primary N) is 1. The van der Waals surface area contributed by atoms with Crippen LogP contribution in [0.3, 0.4) is 0 Å². The van der Waals surface area contributed by atoms with Crippen LogP contribution in [0.1, 0.15) is 30.5 Å². The topological polar surface area (TPSA) is 53.0 Å². The van der Waals surface area contributed by atoms with Gasteiger partial charge in [0.1, 0.15) is 5.82 Å². The number of aryl methyl sites for hydroxylation is 1. The second kappa shape index (κ2) is 5.65. The largest absolute Gasteiger partial charge is 0.373 e. The maximum absolute atomic E-state index is 13.5. The Morgan fingerprint density at radius 1 is 1.53 bits per heavy atom. The van der Waals surface area contributed by atoms with E-state index < -0.39 is 0 Å². The van der Waals surface area contributed by atoms with E-state index in [1.54, 1.807) is 13.0 Å². The van der Waals surface area contributed by atoms with Gasteiger partial charge >= 0.3 is 0 Å². The van der Waals surface area contributed by atoms with Crippen LogP contribution in [0.5, 0.6) is 0 Å². The molecule has 3 nitrogen and oxygen atoms in total. The average molecular weight is 235 g/mol. The minimum Gasteiger partial charge on any atom is -0.373 e. The number of rotatable bonds is 4. The van der Waals surface area contributed by atoms with Crippen LogP contribution in [0, 0.1) is 24.1 Å². The lowest BCUT2D eigenvalue weighted by atomic mass is 10.0. The van der Waals surface area contributed by atoms with Crippen LogP contribution in [0.2, 0.25) is 0 Å². The number of hydrogen-bond acceptors (Lipinski definition) is 3. The van der Waals surface area contributed by atoms with Gasteiger partial charge in [-0.25, -0.2) is 4.39 Å². The summed E-state index contributed by atoms with van der Waals surface area (Å²) in [6, 6.07) is 5.13. The standard InChI is InChI=1S/C13H18FN3/c1-9-7-13(17(3)6-4-5-15)11(10(2)16)8-12(9)14/h7-8,10H,4,6,16H2,1-3H3. The Balaban J connectivity index is 3.12. The summed E-state index contributed by atoms with van der Waals surface area (Å²) in [5, 5.41) is 8.58. The summed E-state index contributed by atoms with van der Waals surface area (Å²) in [6.45, 7) is 4.16. The molecule has 1 rings (SSSR count). The summed E-state index contributed by atoms with van der Waals surface area (Å²) >= 11 is 0. The number of nitriles is 1. The van der Waals surface area contributed by atoms with Crippen molar-refractivity contribution in [2.75, 3.05) is 18.5 Å². The number of hydrogen-bond donors (Lipinski definition) is 1. The molecule has 0 aliphatic carbocycles. The summed E-state index contributed by atoms with van der Waals surface area (Å²) in [7, 11) is 1.88. The summed E-state index contributed by atoms with van der Waals surface area (Å²) in [5.41, 5.74) is 8.10. The molecule has 0 amide bonds. The number of anilines is 1. The first-order chi connectivity index (χ1) is 7.97. The molecule has 4 heteroatoms. The van der Waals surface area contributed by atoms with Gasteiger partial charge in [-0.2, -0.15) is 5.26 Å². The first-order valence-electron chi connectivity index (χ1n) is 5.61. The quantitative estimate of drug-likeness (QED) is 0.872. The van der Waals surface area contributed by atoms with E-state index in [0.29, 0.717) is 18.5 Å². The van der Waals surface area contributed by atoms with E-state index in [9.17, 15) is 4.39 Å². The molecular formula is C13H18FN3. The van der Waals surface area contributed by atoms with Gasteiger partial charge < -0.3 is 10.6 Å².